The van der Waals surface area contributed by atoms with E-state index < -0.39 is 29.6 Å². The minimum atomic E-state index is -5.17. The van der Waals surface area contributed by atoms with Crippen LogP contribution in [0.15, 0.2) is 29.4 Å². The summed E-state index contributed by atoms with van der Waals surface area (Å²) in [6.07, 6.45) is -3.11. The number of amides is 2. The molecule has 0 bridgehead atoms. The van der Waals surface area contributed by atoms with Crippen molar-refractivity contribution in [2.45, 2.75) is 44.0 Å². The molecule has 1 aliphatic heterocycles. The first-order chi connectivity index (χ1) is 13.2. The van der Waals surface area contributed by atoms with Crippen molar-refractivity contribution in [2.75, 3.05) is 12.4 Å². The number of hydrazone groups is 1. The van der Waals surface area contributed by atoms with Crippen molar-refractivity contribution in [3.63, 3.8) is 0 Å². The van der Waals surface area contributed by atoms with Gasteiger partial charge < -0.3 is 15.2 Å². The van der Waals surface area contributed by atoms with Crippen LogP contribution in [-0.2, 0) is 9.59 Å². The number of ether oxygens (including phenoxy) is 1. The van der Waals surface area contributed by atoms with Crippen molar-refractivity contribution in [1.29, 1.82) is 0 Å². The van der Waals surface area contributed by atoms with E-state index in [1.807, 2.05) is 0 Å². The number of carbonyl (C=O) groups excluding carboxylic acids is 2. The standard InChI is InChI=1S/C18H20F3N3O4/c1-28-14-10-6-5-9-13(14)22-15(25)16(26)24-17(27,18(19,20)21)11-7-3-2-4-8-12(11)23-24/h5-6,9-11,27H,2-4,7-8H2,1H3,(H,22,25)/t11-,17-/m1/s1. The van der Waals surface area contributed by atoms with Crippen LogP contribution in [0.25, 0.3) is 0 Å². The van der Waals surface area contributed by atoms with Crippen LogP contribution >= 0.6 is 0 Å². The summed E-state index contributed by atoms with van der Waals surface area (Å²) in [7, 11) is 1.34. The molecule has 1 aromatic carbocycles. The number of anilines is 1. The fraction of sp³-hybridized carbons (Fsp3) is 0.500. The summed E-state index contributed by atoms with van der Waals surface area (Å²) in [4.78, 5) is 24.9. The van der Waals surface area contributed by atoms with E-state index in [1.54, 1.807) is 12.1 Å². The predicted molar refractivity (Wildman–Crippen MR) is 93.5 cm³/mol. The Kier molecular flexibility index (Phi) is 5.33. The Hall–Kier alpha value is -2.62. The van der Waals surface area contributed by atoms with Crippen molar-refractivity contribution in [3.8, 4) is 5.75 Å². The Morgan fingerprint density at radius 3 is 2.68 bits per heavy atom. The number of hydrogen-bond donors (Lipinski definition) is 2. The average Bonchev–Trinajstić information content (AvgIpc) is 2.81. The zero-order valence-electron chi connectivity index (χ0n) is 15.1. The van der Waals surface area contributed by atoms with Gasteiger partial charge in [0.2, 0.25) is 0 Å². The van der Waals surface area contributed by atoms with E-state index >= 15 is 0 Å². The molecule has 3 rings (SSSR count). The number of nitrogens with zero attached hydrogens (tertiary/aromatic N) is 2. The number of carbonyl (C=O) groups is 2. The van der Waals surface area contributed by atoms with E-state index in [2.05, 4.69) is 10.4 Å². The highest BCUT2D eigenvalue weighted by Gasteiger charge is 2.68. The van der Waals surface area contributed by atoms with Crippen LogP contribution in [0, 0.1) is 5.92 Å². The number of para-hydroxylation sites is 2. The number of rotatable bonds is 2. The second-order valence-electron chi connectivity index (χ2n) is 6.74. The zero-order valence-corrected chi connectivity index (χ0v) is 15.1. The lowest BCUT2D eigenvalue weighted by Crippen LogP contribution is -2.62. The maximum atomic E-state index is 13.8. The second kappa shape index (κ2) is 7.42. The molecule has 0 unspecified atom stereocenters. The number of benzene rings is 1. The van der Waals surface area contributed by atoms with E-state index in [4.69, 9.17) is 4.74 Å². The number of halogens is 3. The summed E-state index contributed by atoms with van der Waals surface area (Å²) in [5.74, 6) is -4.09. The Morgan fingerprint density at radius 2 is 2.00 bits per heavy atom. The Balaban J connectivity index is 1.91. The fourth-order valence-electron chi connectivity index (χ4n) is 3.62. The lowest BCUT2D eigenvalue weighted by Gasteiger charge is -2.36. The van der Waals surface area contributed by atoms with Crippen LogP contribution in [0.1, 0.15) is 32.1 Å². The average molecular weight is 399 g/mol. The number of hydrogen-bond acceptors (Lipinski definition) is 5. The third-order valence-corrected chi connectivity index (χ3v) is 5.02. The number of alkyl halides is 3. The topological polar surface area (TPSA) is 91.2 Å². The van der Waals surface area contributed by atoms with Gasteiger partial charge in [-0.1, -0.05) is 25.0 Å². The van der Waals surface area contributed by atoms with E-state index in [-0.39, 0.29) is 35.0 Å². The molecular weight excluding hydrogens is 379 g/mol. The number of methoxy groups -OCH3 is 1. The van der Waals surface area contributed by atoms with E-state index in [9.17, 15) is 27.9 Å². The molecule has 152 valence electrons. The summed E-state index contributed by atoms with van der Waals surface area (Å²) in [5.41, 5.74) is -3.34. The molecule has 1 aromatic rings. The highest BCUT2D eigenvalue weighted by atomic mass is 19.4. The van der Waals surface area contributed by atoms with E-state index in [0.717, 1.165) is 0 Å². The summed E-state index contributed by atoms with van der Waals surface area (Å²) in [6, 6.07) is 6.13. The second-order valence-corrected chi connectivity index (χ2v) is 6.74. The molecule has 2 atom stereocenters. The van der Waals surface area contributed by atoms with Crippen molar-refractivity contribution in [3.05, 3.63) is 24.3 Å². The van der Waals surface area contributed by atoms with Crippen molar-refractivity contribution in [1.82, 2.24) is 5.01 Å². The van der Waals surface area contributed by atoms with Gasteiger partial charge in [0.1, 0.15) is 5.75 Å². The Labute approximate surface area is 159 Å². The molecule has 1 heterocycles. The normalized spacial score (nSPS) is 24.8. The summed E-state index contributed by atoms with van der Waals surface area (Å²) in [6.45, 7) is 0. The molecule has 0 aromatic heterocycles. The van der Waals surface area contributed by atoms with Gasteiger partial charge in [0.05, 0.1) is 18.7 Å². The molecule has 0 saturated heterocycles. The first-order valence-electron chi connectivity index (χ1n) is 8.85. The Bertz CT molecular complexity index is 812. The van der Waals surface area contributed by atoms with Gasteiger partial charge in [-0.2, -0.15) is 23.3 Å². The van der Waals surface area contributed by atoms with Crippen LogP contribution in [-0.4, -0.2) is 46.7 Å². The molecule has 2 aliphatic rings. The lowest BCUT2D eigenvalue weighted by molar-refractivity contribution is -0.316. The van der Waals surface area contributed by atoms with E-state index in [1.165, 1.54) is 19.2 Å². The molecule has 2 N–H and O–H groups in total. The van der Waals surface area contributed by atoms with Gasteiger partial charge in [0, 0.05) is 5.71 Å². The van der Waals surface area contributed by atoms with Gasteiger partial charge in [-0.05, 0) is 31.4 Å². The van der Waals surface area contributed by atoms with Crippen molar-refractivity contribution < 1.29 is 32.6 Å². The third kappa shape index (κ3) is 3.32. The molecular formula is C18H20F3N3O4. The first-order valence-corrected chi connectivity index (χ1v) is 8.85. The summed E-state index contributed by atoms with van der Waals surface area (Å²) < 4.78 is 46.4. The molecule has 0 spiro atoms. The van der Waals surface area contributed by atoms with Gasteiger partial charge in [0.25, 0.3) is 5.72 Å². The first kappa shape index (κ1) is 20.1. The molecule has 10 heteroatoms. The molecule has 7 nitrogen and oxygen atoms in total. The molecule has 28 heavy (non-hydrogen) atoms. The maximum Gasteiger partial charge on any atom is 0.439 e. The van der Waals surface area contributed by atoms with Crippen LogP contribution < -0.4 is 10.1 Å². The lowest BCUT2D eigenvalue weighted by atomic mass is 9.87. The SMILES string of the molecule is COc1ccccc1NC(=O)C(=O)N1N=C2CCCCC[C@H]2[C@@]1(O)C(F)(F)F. The highest BCUT2D eigenvalue weighted by Crippen LogP contribution is 2.47. The highest BCUT2D eigenvalue weighted by molar-refractivity contribution is 6.40. The van der Waals surface area contributed by atoms with Gasteiger partial charge in [-0.3, -0.25) is 9.59 Å². The smallest absolute Gasteiger partial charge is 0.439 e. The maximum absolute atomic E-state index is 13.8. The molecule has 1 fully saturated rings. The van der Waals surface area contributed by atoms with Crippen LogP contribution in [0.5, 0.6) is 5.75 Å². The van der Waals surface area contributed by atoms with Crippen molar-refractivity contribution in [2.24, 2.45) is 11.0 Å². The van der Waals surface area contributed by atoms with Crippen LogP contribution in [0.3, 0.4) is 0 Å². The monoisotopic (exact) mass is 399 g/mol. The minimum Gasteiger partial charge on any atom is -0.495 e. The van der Waals surface area contributed by atoms with Gasteiger partial charge in [-0.15, -0.1) is 0 Å². The van der Waals surface area contributed by atoms with E-state index in [0.29, 0.717) is 19.3 Å². The quantitative estimate of drug-likeness (QED) is 0.748. The van der Waals surface area contributed by atoms with Gasteiger partial charge >= 0.3 is 18.0 Å². The van der Waals surface area contributed by atoms with Gasteiger partial charge in [-0.25, -0.2) is 0 Å². The fourth-order valence-corrected chi connectivity index (χ4v) is 3.62. The molecule has 0 radical (unpaired) electrons. The number of aliphatic hydroxyl groups is 1. The van der Waals surface area contributed by atoms with Crippen LogP contribution in [0.2, 0.25) is 0 Å². The minimum absolute atomic E-state index is 0.0345. The van der Waals surface area contributed by atoms with Crippen LogP contribution in [0.4, 0.5) is 18.9 Å². The summed E-state index contributed by atoms with van der Waals surface area (Å²) in [5, 5.41) is 16.4. The summed E-state index contributed by atoms with van der Waals surface area (Å²) >= 11 is 0. The van der Waals surface area contributed by atoms with Gasteiger partial charge in [0.15, 0.2) is 0 Å². The third-order valence-electron chi connectivity index (χ3n) is 5.02. The Morgan fingerprint density at radius 1 is 1.29 bits per heavy atom. The molecule has 2 amide bonds. The molecule has 1 saturated carbocycles. The number of fused-ring (bicyclic) bond motifs is 1. The molecule has 1 aliphatic carbocycles. The number of nitrogens with one attached hydrogen (secondary N) is 1. The zero-order chi connectivity index (χ0) is 20.5. The van der Waals surface area contributed by atoms with Crippen molar-refractivity contribution >= 4 is 23.2 Å². The predicted octanol–water partition coefficient (Wildman–Crippen LogP) is 2.66. The largest absolute Gasteiger partial charge is 0.495 e.